The van der Waals surface area contributed by atoms with Crippen molar-refractivity contribution in [3.63, 3.8) is 0 Å². The van der Waals surface area contributed by atoms with E-state index in [0.717, 1.165) is 13.1 Å². The third-order valence-electron chi connectivity index (χ3n) is 3.31. The molecule has 0 radical (unpaired) electrons. The molecule has 0 saturated carbocycles. The molecule has 0 aliphatic carbocycles. The van der Waals surface area contributed by atoms with Crippen molar-refractivity contribution >= 4 is 41.8 Å². The minimum Gasteiger partial charge on any atom is -0.390 e. The molecule has 8 nitrogen and oxygen atoms in total. The van der Waals surface area contributed by atoms with E-state index in [0.29, 0.717) is 30.1 Å². The molecule has 10 heteroatoms. The van der Waals surface area contributed by atoms with Crippen molar-refractivity contribution in [3.05, 3.63) is 12.7 Å². The fourth-order valence-corrected chi connectivity index (χ4v) is 2.18. The largest absolute Gasteiger partial charge is 0.390 e. The number of aliphatic hydroxyl groups is 1. The van der Waals surface area contributed by atoms with Gasteiger partial charge in [-0.25, -0.2) is 20.8 Å². The van der Waals surface area contributed by atoms with E-state index in [-0.39, 0.29) is 24.8 Å². The SMILES string of the molecule is CCN(CC)CC(O)Cn1cnc2c(NN)ncnc21.Cl.Cl. The van der Waals surface area contributed by atoms with Crippen LogP contribution in [0.1, 0.15) is 13.8 Å². The van der Waals surface area contributed by atoms with Crippen molar-refractivity contribution in [3.8, 4) is 0 Å². The van der Waals surface area contributed by atoms with Gasteiger partial charge in [-0.15, -0.1) is 24.8 Å². The number of imidazole rings is 1. The predicted molar refractivity (Wildman–Crippen MR) is 91.4 cm³/mol. The van der Waals surface area contributed by atoms with E-state index in [2.05, 4.69) is 39.1 Å². The molecule has 0 fully saturated rings. The fourth-order valence-electron chi connectivity index (χ4n) is 2.18. The molecule has 126 valence electrons. The van der Waals surface area contributed by atoms with Crippen molar-refractivity contribution in [1.82, 2.24) is 24.4 Å². The Morgan fingerprint density at radius 1 is 1.27 bits per heavy atom. The number of hydrogen-bond donors (Lipinski definition) is 3. The van der Waals surface area contributed by atoms with Gasteiger partial charge in [0.2, 0.25) is 0 Å². The minimum absolute atomic E-state index is 0. The highest BCUT2D eigenvalue weighted by Gasteiger charge is 2.14. The Bertz CT molecular complexity index is 561. The highest BCUT2D eigenvalue weighted by molar-refractivity contribution is 5.85. The molecule has 4 N–H and O–H groups in total. The van der Waals surface area contributed by atoms with Gasteiger partial charge in [0.25, 0.3) is 0 Å². The average Bonchev–Trinajstić information content (AvgIpc) is 2.87. The van der Waals surface area contributed by atoms with Gasteiger partial charge in [0.15, 0.2) is 17.0 Å². The molecule has 0 saturated heterocycles. The maximum atomic E-state index is 10.2. The fraction of sp³-hybridized carbons (Fsp3) is 0.583. The maximum absolute atomic E-state index is 10.2. The van der Waals surface area contributed by atoms with Crippen molar-refractivity contribution in [2.45, 2.75) is 26.5 Å². The lowest BCUT2D eigenvalue weighted by Crippen LogP contribution is -2.34. The number of nitrogens with two attached hydrogens (primary N) is 1. The molecule has 0 amide bonds. The van der Waals surface area contributed by atoms with Crippen LogP contribution in [0.5, 0.6) is 0 Å². The topological polar surface area (TPSA) is 105 Å². The minimum atomic E-state index is -0.475. The van der Waals surface area contributed by atoms with Gasteiger partial charge < -0.3 is 20.0 Å². The second kappa shape index (κ2) is 9.75. The first-order valence-electron chi connectivity index (χ1n) is 6.72. The number of halogens is 2. The van der Waals surface area contributed by atoms with Crippen LogP contribution in [0.15, 0.2) is 12.7 Å². The summed E-state index contributed by atoms with van der Waals surface area (Å²) in [4.78, 5) is 14.6. The summed E-state index contributed by atoms with van der Waals surface area (Å²) < 4.78 is 1.81. The number of hydrogen-bond acceptors (Lipinski definition) is 7. The molecule has 1 unspecified atom stereocenters. The number of fused-ring (bicyclic) bond motifs is 1. The van der Waals surface area contributed by atoms with E-state index in [4.69, 9.17) is 5.84 Å². The average molecular weight is 352 g/mol. The molecular weight excluding hydrogens is 329 g/mol. The van der Waals surface area contributed by atoms with Crippen LogP contribution in [0.3, 0.4) is 0 Å². The summed E-state index contributed by atoms with van der Waals surface area (Å²) in [6.07, 6.45) is 2.59. The Balaban J connectivity index is 0.00000220. The number of aromatic nitrogens is 4. The van der Waals surface area contributed by atoms with Gasteiger partial charge in [0.1, 0.15) is 6.33 Å². The Kier molecular flexibility index (Phi) is 9.22. The number of likely N-dealkylation sites (N-methyl/N-ethyl adjacent to an activating group) is 1. The summed E-state index contributed by atoms with van der Waals surface area (Å²) >= 11 is 0. The lowest BCUT2D eigenvalue weighted by atomic mass is 10.3. The van der Waals surface area contributed by atoms with Crippen molar-refractivity contribution in [2.75, 3.05) is 25.1 Å². The molecule has 2 aromatic heterocycles. The first-order chi connectivity index (χ1) is 9.69. The molecule has 0 spiro atoms. The number of nitrogens with zero attached hydrogens (tertiary/aromatic N) is 5. The predicted octanol–water partition coefficient (Wildman–Crippen LogP) is 0.658. The summed E-state index contributed by atoms with van der Waals surface area (Å²) in [6, 6.07) is 0. The first kappa shape index (κ1) is 20.8. The van der Waals surface area contributed by atoms with Gasteiger partial charge in [-0.2, -0.15) is 0 Å². The van der Waals surface area contributed by atoms with Gasteiger partial charge in [0, 0.05) is 6.54 Å². The second-order valence-corrected chi connectivity index (χ2v) is 4.58. The van der Waals surface area contributed by atoms with Gasteiger partial charge in [0.05, 0.1) is 19.0 Å². The molecular formula is C12H23Cl2N7O. The maximum Gasteiger partial charge on any atom is 0.171 e. The number of nitrogens with one attached hydrogen (secondary N) is 1. The van der Waals surface area contributed by atoms with E-state index >= 15 is 0 Å². The lowest BCUT2D eigenvalue weighted by Gasteiger charge is -2.22. The molecule has 0 bridgehead atoms. The summed E-state index contributed by atoms with van der Waals surface area (Å²) in [7, 11) is 0. The molecule has 2 heterocycles. The normalized spacial score (nSPS) is 11.9. The van der Waals surface area contributed by atoms with Gasteiger partial charge in [-0.3, -0.25) is 0 Å². The number of nitrogen functional groups attached to an aromatic ring is 1. The van der Waals surface area contributed by atoms with Crippen molar-refractivity contribution < 1.29 is 5.11 Å². The van der Waals surface area contributed by atoms with Gasteiger partial charge in [-0.05, 0) is 13.1 Å². The zero-order valence-electron chi connectivity index (χ0n) is 12.6. The Morgan fingerprint density at radius 3 is 2.55 bits per heavy atom. The van der Waals surface area contributed by atoms with Crippen LogP contribution in [-0.4, -0.2) is 55.3 Å². The molecule has 0 aromatic carbocycles. The van der Waals surface area contributed by atoms with E-state index in [1.54, 1.807) is 6.33 Å². The van der Waals surface area contributed by atoms with Crippen LogP contribution in [0.4, 0.5) is 5.82 Å². The number of hydrazine groups is 1. The van der Waals surface area contributed by atoms with Gasteiger partial charge in [-0.1, -0.05) is 13.8 Å². The number of aliphatic hydroxyl groups excluding tert-OH is 1. The molecule has 1 atom stereocenters. The van der Waals surface area contributed by atoms with Crippen molar-refractivity contribution in [2.24, 2.45) is 5.84 Å². The van der Waals surface area contributed by atoms with Gasteiger partial charge >= 0.3 is 0 Å². The molecule has 0 aliphatic rings. The standard InChI is InChI=1S/C12H21N7O.2ClH/c1-3-18(4-2)5-9(20)6-19-8-16-10-11(17-13)14-7-15-12(10)19;;/h7-9,20H,3-6,13H2,1-2H3,(H,14,15,17);2*1H. The van der Waals surface area contributed by atoms with E-state index in [1.165, 1.54) is 6.33 Å². The van der Waals surface area contributed by atoms with Crippen LogP contribution in [0.2, 0.25) is 0 Å². The Hall–Kier alpha value is -1.19. The molecule has 22 heavy (non-hydrogen) atoms. The van der Waals surface area contributed by atoms with Crippen LogP contribution in [0.25, 0.3) is 11.2 Å². The van der Waals surface area contributed by atoms with Crippen LogP contribution in [-0.2, 0) is 6.54 Å². The zero-order valence-corrected chi connectivity index (χ0v) is 14.3. The Morgan fingerprint density at radius 2 is 1.95 bits per heavy atom. The smallest absolute Gasteiger partial charge is 0.171 e. The summed E-state index contributed by atoms with van der Waals surface area (Å²) in [6.45, 7) is 7.06. The first-order valence-corrected chi connectivity index (χ1v) is 6.72. The summed E-state index contributed by atoms with van der Waals surface area (Å²) in [5, 5.41) is 10.2. The monoisotopic (exact) mass is 351 g/mol. The zero-order chi connectivity index (χ0) is 14.5. The van der Waals surface area contributed by atoms with Crippen LogP contribution >= 0.6 is 24.8 Å². The third-order valence-corrected chi connectivity index (χ3v) is 3.31. The molecule has 0 aliphatic heterocycles. The van der Waals surface area contributed by atoms with E-state index in [9.17, 15) is 5.11 Å². The van der Waals surface area contributed by atoms with E-state index in [1.807, 2.05) is 4.57 Å². The highest BCUT2D eigenvalue weighted by atomic mass is 35.5. The highest BCUT2D eigenvalue weighted by Crippen LogP contribution is 2.16. The quantitative estimate of drug-likeness (QED) is 0.497. The third kappa shape index (κ3) is 4.65. The number of anilines is 1. The molecule has 2 rings (SSSR count). The molecule has 2 aromatic rings. The number of rotatable bonds is 7. The van der Waals surface area contributed by atoms with E-state index < -0.39 is 6.10 Å². The summed E-state index contributed by atoms with van der Waals surface area (Å²) in [5.74, 6) is 5.86. The second-order valence-electron chi connectivity index (χ2n) is 4.58. The lowest BCUT2D eigenvalue weighted by molar-refractivity contribution is 0.104. The van der Waals surface area contributed by atoms with Crippen LogP contribution < -0.4 is 11.3 Å². The Labute approximate surface area is 141 Å². The summed E-state index contributed by atoms with van der Waals surface area (Å²) in [5.41, 5.74) is 3.75. The van der Waals surface area contributed by atoms with Crippen molar-refractivity contribution in [1.29, 1.82) is 0 Å². The van der Waals surface area contributed by atoms with Crippen LogP contribution in [0, 0.1) is 0 Å².